The minimum Gasteiger partial charge on any atom is -0.479 e. The Kier molecular flexibility index (Phi) is 4.47. The van der Waals surface area contributed by atoms with Crippen molar-refractivity contribution in [3.8, 4) is 5.88 Å². The van der Waals surface area contributed by atoms with Crippen molar-refractivity contribution in [2.24, 2.45) is 5.92 Å². The number of ether oxygens (including phenoxy) is 2. The van der Waals surface area contributed by atoms with Crippen molar-refractivity contribution in [2.45, 2.75) is 19.4 Å². The third-order valence-corrected chi connectivity index (χ3v) is 3.61. The molecular weight excluding hydrogens is 242 g/mol. The maximum Gasteiger partial charge on any atom is 0.239 e. The zero-order valence-electron chi connectivity index (χ0n) is 12.1. The molecule has 2 rings (SSSR count). The van der Waals surface area contributed by atoms with E-state index in [0.29, 0.717) is 17.8 Å². The highest BCUT2D eigenvalue weighted by Crippen LogP contribution is 2.34. The fourth-order valence-electron chi connectivity index (χ4n) is 2.39. The van der Waals surface area contributed by atoms with Crippen molar-refractivity contribution in [1.82, 2.24) is 4.98 Å². The maximum absolute atomic E-state index is 5.45. The van der Waals surface area contributed by atoms with Gasteiger partial charge >= 0.3 is 0 Å². The van der Waals surface area contributed by atoms with Crippen molar-refractivity contribution in [2.75, 3.05) is 44.6 Å². The van der Waals surface area contributed by atoms with Crippen molar-refractivity contribution in [1.29, 1.82) is 0 Å². The molecule has 1 aromatic heterocycles. The summed E-state index contributed by atoms with van der Waals surface area (Å²) in [6, 6.07) is 2.32. The largest absolute Gasteiger partial charge is 0.479 e. The number of hydrogen-bond donors (Lipinski definition) is 1. The van der Waals surface area contributed by atoms with E-state index in [4.69, 9.17) is 9.47 Å². The quantitative estimate of drug-likeness (QED) is 0.882. The van der Waals surface area contributed by atoms with Crippen LogP contribution in [-0.2, 0) is 4.74 Å². The van der Waals surface area contributed by atoms with Gasteiger partial charge in [-0.15, -0.1) is 0 Å². The van der Waals surface area contributed by atoms with Crippen LogP contribution in [0.15, 0.2) is 12.3 Å². The van der Waals surface area contributed by atoms with E-state index in [2.05, 4.69) is 22.1 Å². The Morgan fingerprint density at radius 2 is 2.32 bits per heavy atom. The molecule has 1 aliphatic heterocycles. The zero-order chi connectivity index (χ0) is 13.8. The molecule has 0 bridgehead atoms. The van der Waals surface area contributed by atoms with Crippen LogP contribution < -0.4 is 15.0 Å². The fraction of sp³-hybridized carbons (Fsp3) is 0.643. The van der Waals surface area contributed by atoms with Crippen LogP contribution in [0.5, 0.6) is 5.88 Å². The third-order valence-electron chi connectivity index (χ3n) is 3.61. The van der Waals surface area contributed by atoms with Crippen LogP contribution in [0.1, 0.15) is 13.3 Å². The van der Waals surface area contributed by atoms with E-state index in [9.17, 15) is 0 Å². The molecule has 2 heterocycles. The number of nitrogens with one attached hydrogen (secondary N) is 1. The molecular formula is C14H23N3O2. The summed E-state index contributed by atoms with van der Waals surface area (Å²) in [6.07, 6.45) is 2.87. The van der Waals surface area contributed by atoms with Gasteiger partial charge in [0, 0.05) is 38.9 Å². The first kappa shape index (κ1) is 13.9. The van der Waals surface area contributed by atoms with Gasteiger partial charge in [-0.2, -0.15) is 0 Å². The van der Waals surface area contributed by atoms with E-state index in [1.54, 1.807) is 13.3 Å². The molecule has 0 aliphatic carbocycles. The molecule has 0 spiro atoms. The molecule has 1 fully saturated rings. The standard InChI is InChI=1S/C14H23N3O2/c1-10(11-6-8-19-9-11)16-13-12(17(2)3)5-7-15-14(13)18-4/h5,7,10-11,16H,6,8-9H2,1-4H3. The summed E-state index contributed by atoms with van der Waals surface area (Å²) in [6.45, 7) is 3.88. The van der Waals surface area contributed by atoms with E-state index in [1.807, 2.05) is 20.2 Å². The Labute approximate surface area is 114 Å². The van der Waals surface area contributed by atoms with Gasteiger partial charge < -0.3 is 19.7 Å². The topological polar surface area (TPSA) is 46.6 Å². The van der Waals surface area contributed by atoms with Gasteiger partial charge in [0.15, 0.2) is 0 Å². The smallest absolute Gasteiger partial charge is 0.239 e. The molecule has 5 heteroatoms. The molecule has 1 aromatic rings. The average Bonchev–Trinajstić information content (AvgIpc) is 2.92. The number of nitrogens with zero attached hydrogens (tertiary/aromatic N) is 2. The van der Waals surface area contributed by atoms with E-state index in [-0.39, 0.29) is 0 Å². The van der Waals surface area contributed by atoms with Crippen LogP contribution in [0.3, 0.4) is 0 Å². The molecule has 2 unspecified atom stereocenters. The molecule has 1 N–H and O–H groups in total. The lowest BCUT2D eigenvalue weighted by Gasteiger charge is -2.25. The second-order valence-corrected chi connectivity index (χ2v) is 5.17. The van der Waals surface area contributed by atoms with Gasteiger partial charge in [0.2, 0.25) is 5.88 Å². The molecule has 0 amide bonds. The van der Waals surface area contributed by atoms with Gasteiger partial charge in [-0.05, 0) is 19.4 Å². The lowest BCUT2D eigenvalue weighted by Crippen LogP contribution is -2.27. The van der Waals surface area contributed by atoms with E-state index in [0.717, 1.165) is 31.0 Å². The summed E-state index contributed by atoms with van der Waals surface area (Å²) >= 11 is 0. The normalized spacial score (nSPS) is 20.1. The highest BCUT2D eigenvalue weighted by atomic mass is 16.5. The lowest BCUT2D eigenvalue weighted by atomic mass is 10.0. The van der Waals surface area contributed by atoms with Crippen LogP contribution in [0.25, 0.3) is 0 Å². The summed E-state index contributed by atoms with van der Waals surface area (Å²) in [7, 11) is 5.68. The van der Waals surface area contributed by atoms with Crippen molar-refractivity contribution in [3.05, 3.63) is 12.3 Å². The number of rotatable bonds is 5. The first-order valence-electron chi connectivity index (χ1n) is 6.68. The second-order valence-electron chi connectivity index (χ2n) is 5.17. The Bertz CT molecular complexity index is 417. The molecule has 1 saturated heterocycles. The number of anilines is 2. The summed E-state index contributed by atoms with van der Waals surface area (Å²) in [5, 5.41) is 3.54. The van der Waals surface area contributed by atoms with Gasteiger partial charge in [0.1, 0.15) is 5.69 Å². The molecule has 106 valence electrons. The molecule has 2 atom stereocenters. The van der Waals surface area contributed by atoms with Crippen LogP contribution in [0, 0.1) is 5.92 Å². The fourth-order valence-corrected chi connectivity index (χ4v) is 2.39. The van der Waals surface area contributed by atoms with Crippen LogP contribution in [-0.4, -0.2) is 45.4 Å². The highest BCUT2D eigenvalue weighted by molar-refractivity contribution is 5.74. The van der Waals surface area contributed by atoms with Crippen molar-refractivity contribution in [3.63, 3.8) is 0 Å². The SMILES string of the molecule is COc1nccc(N(C)C)c1NC(C)C1CCOC1. The minimum atomic E-state index is 0.333. The summed E-state index contributed by atoms with van der Waals surface area (Å²) < 4.78 is 10.8. The van der Waals surface area contributed by atoms with E-state index < -0.39 is 0 Å². The van der Waals surface area contributed by atoms with Crippen LogP contribution in [0.2, 0.25) is 0 Å². The number of pyridine rings is 1. The van der Waals surface area contributed by atoms with Gasteiger partial charge in [-0.3, -0.25) is 0 Å². The Morgan fingerprint density at radius 1 is 1.53 bits per heavy atom. The van der Waals surface area contributed by atoms with Gasteiger partial charge in [-0.25, -0.2) is 4.98 Å². The van der Waals surface area contributed by atoms with Crippen LogP contribution in [0.4, 0.5) is 11.4 Å². The summed E-state index contributed by atoms with van der Waals surface area (Å²) in [4.78, 5) is 6.34. The van der Waals surface area contributed by atoms with Crippen molar-refractivity contribution < 1.29 is 9.47 Å². The molecule has 19 heavy (non-hydrogen) atoms. The van der Waals surface area contributed by atoms with Crippen molar-refractivity contribution >= 4 is 11.4 Å². The monoisotopic (exact) mass is 265 g/mol. The molecule has 5 nitrogen and oxygen atoms in total. The van der Waals surface area contributed by atoms with Gasteiger partial charge in [-0.1, -0.05) is 0 Å². The second kappa shape index (κ2) is 6.10. The minimum absolute atomic E-state index is 0.333. The first-order valence-corrected chi connectivity index (χ1v) is 6.68. The predicted molar refractivity (Wildman–Crippen MR) is 77.1 cm³/mol. The Balaban J connectivity index is 2.21. The van der Waals surface area contributed by atoms with Gasteiger partial charge in [0.05, 0.1) is 19.4 Å². The molecule has 0 saturated carbocycles. The first-order chi connectivity index (χ1) is 9.13. The molecule has 0 aromatic carbocycles. The summed E-state index contributed by atoms with van der Waals surface area (Å²) in [5.41, 5.74) is 2.03. The van der Waals surface area contributed by atoms with E-state index >= 15 is 0 Å². The number of hydrogen-bond acceptors (Lipinski definition) is 5. The Hall–Kier alpha value is -1.49. The number of methoxy groups -OCH3 is 1. The van der Waals surface area contributed by atoms with Crippen LogP contribution >= 0.6 is 0 Å². The zero-order valence-corrected chi connectivity index (χ0v) is 12.1. The Morgan fingerprint density at radius 3 is 2.89 bits per heavy atom. The highest BCUT2D eigenvalue weighted by Gasteiger charge is 2.24. The number of aromatic nitrogens is 1. The molecule has 0 radical (unpaired) electrons. The third kappa shape index (κ3) is 3.10. The lowest BCUT2D eigenvalue weighted by molar-refractivity contribution is 0.183. The molecule has 1 aliphatic rings. The average molecular weight is 265 g/mol. The van der Waals surface area contributed by atoms with E-state index in [1.165, 1.54) is 0 Å². The predicted octanol–water partition coefficient (Wildman–Crippen LogP) is 1.99. The maximum atomic E-state index is 5.45. The van der Waals surface area contributed by atoms with Gasteiger partial charge in [0.25, 0.3) is 0 Å². The summed E-state index contributed by atoms with van der Waals surface area (Å²) in [5.74, 6) is 1.18.